The molecule has 0 amide bonds. The number of hydrogen-bond donors (Lipinski definition) is 3. The molecule has 0 unspecified atom stereocenters. The third-order valence-electron chi connectivity index (χ3n) is 1.73. The topological polar surface area (TPSA) is 74.9 Å². The molecule has 0 aliphatic heterocycles. The van der Waals surface area contributed by atoms with Crippen molar-refractivity contribution < 1.29 is 5.11 Å². The maximum atomic E-state index is 9.36. The van der Waals surface area contributed by atoms with Gasteiger partial charge in [-0.2, -0.15) is 0 Å². The highest BCUT2D eigenvalue weighted by Gasteiger charge is 2.03. The van der Waals surface area contributed by atoms with E-state index in [0.29, 0.717) is 17.9 Å². The van der Waals surface area contributed by atoms with Crippen molar-refractivity contribution in [2.45, 2.75) is 6.54 Å². The van der Waals surface area contributed by atoms with E-state index in [1.54, 1.807) is 12.1 Å². The predicted molar refractivity (Wildman–Crippen MR) is 45.6 cm³/mol. The largest absolute Gasteiger partial charge is 0.506 e. The van der Waals surface area contributed by atoms with Gasteiger partial charge in [-0.3, -0.25) is 0 Å². The molecular weight excluding hydrogens is 154 g/mol. The molecule has 4 nitrogen and oxygen atoms in total. The van der Waals surface area contributed by atoms with Crippen LogP contribution in [0.4, 0.5) is 0 Å². The number of aromatic hydroxyl groups is 1. The second kappa shape index (κ2) is 2.49. The number of imidazole rings is 1. The Balaban J connectivity index is 2.74. The van der Waals surface area contributed by atoms with E-state index in [1.165, 1.54) is 0 Å². The van der Waals surface area contributed by atoms with Gasteiger partial charge in [0.1, 0.15) is 17.1 Å². The number of nitrogens with two attached hydrogens (primary N) is 1. The van der Waals surface area contributed by atoms with E-state index >= 15 is 0 Å². The predicted octanol–water partition coefficient (Wildman–Crippen LogP) is 0.727. The number of aromatic nitrogens is 2. The fraction of sp³-hybridized carbons (Fsp3) is 0.125. The summed E-state index contributed by atoms with van der Waals surface area (Å²) >= 11 is 0. The molecule has 4 N–H and O–H groups in total. The van der Waals surface area contributed by atoms with Gasteiger partial charge in [0.2, 0.25) is 0 Å². The summed E-state index contributed by atoms with van der Waals surface area (Å²) in [4.78, 5) is 7.09. The summed E-state index contributed by atoms with van der Waals surface area (Å²) in [6, 6.07) is 5.21. The van der Waals surface area contributed by atoms with Crippen LogP contribution in [0.15, 0.2) is 18.2 Å². The van der Waals surface area contributed by atoms with Crippen molar-refractivity contribution in [3.63, 3.8) is 0 Å². The van der Waals surface area contributed by atoms with Crippen molar-refractivity contribution in [3.8, 4) is 5.75 Å². The minimum atomic E-state index is 0.184. The van der Waals surface area contributed by atoms with Gasteiger partial charge in [-0.25, -0.2) is 4.98 Å². The standard InChI is InChI=1S/C8H9N3O/c9-4-7-10-5-2-1-3-6(12)8(5)11-7/h1-3,12H,4,9H2,(H,10,11). The molecule has 12 heavy (non-hydrogen) atoms. The number of aromatic amines is 1. The normalized spacial score (nSPS) is 10.8. The van der Waals surface area contributed by atoms with Crippen LogP contribution in [0, 0.1) is 0 Å². The molecule has 4 heteroatoms. The van der Waals surface area contributed by atoms with Crippen LogP contribution in [-0.2, 0) is 6.54 Å². The summed E-state index contributed by atoms with van der Waals surface area (Å²) < 4.78 is 0. The minimum absolute atomic E-state index is 0.184. The Labute approximate surface area is 69.0 Å². The third-order valence-corrected chi connectivity index (χ3v) is 1.73. The molecule has 0 aliphatic rings. The number of benzene rings is 1. The zero-order chi connectivity index (χ0) is 8.55. The molecule has 0 radical (unpaired) electrons. The van der Waals surface area contributed by atoms with Crippen molar-refractivity contribution in [1.29, 1.82) is 0 Å². The van der Waals surface area contributed by atoms with Crippen molar-refractivity contribution in [2.24, 2.45) is 5.73 Å². The number of H-pyrrole nitrogens is 1. The van der Waals surface area contributed by atoms with Gasteiger partial charge in [0.25, 0.3) is 0 Å². The van der Waals surface area contributed by atoms with E-state index < -0.39 is 0 Å². The lowest BCUT2D eigenvalue weighted by atomic mass is 10.3. The summed E-state index contributed by atoms with van der Waals surface area (Å²) in [6.45, 7) is 0.355. The quantitative estimate of drug-likeness (QED) is 0.580. The molecule has 1 aromatic heterocycles. The molecule has 0 aliphatic carbocycles. The van der Waals surface area contributed by atoms with Crippen molar-refractivity contribution in [1.82, 2.24) is 9.97 Å². The molecule has 0 saturated heterocycles. The Morgan fingerprint density at radius 1 is 1.50 bits per heavy atom. The molecular formula is C8H9N3O. The first-order chi connectivity index (χ1) is 5.81. The summed E-state index contributed by atoms with van der Waals surface area (Å²) in [7, 11) is 0. The number of nitrogens with zero attached hydrogens (tertiary/aromatic N) is 1. The first kappa shape index (κ1) is 7.12. The van der Waals surface area contributed by atoms with Gasteiger partial charge in [0.15, 0.2) is 0 Å². The molecule has 1 aromatic carbocycles. The number of para-hydroxylation sites is 1. The Bertz CT molecular complexity index is 408. The van der Waals surface area contributed by atoms with Gasteiger partial charge >= 0.3 is 0 Å². The molecule has 1 heterocycles. The fourth-order valence-electron chi connectivity index (χ4n) is 1.16. The maximum Gasteiger partial charge on any atom is 0.143 e. The average molecular weight is 163 g/mol. The Hall–Kier alpha value is -1.55. The van der Waals surface area contributed by atoms with E-state index in [2.05, 4.69) is 9.97 Å². The van der Waals surface area contributed by atoms with Crippen LogP contribution in [0.5, 0.6) is 5.75 Å². The minimum Gasteiger partial charge on any atom is -0.506 e. The number of fused-ring (bicyclic) bond motifs is 1. The number of phenols is 1. The number of hydrogen-bond acceptors (Lipinski definition) is 3. The van der Waals surface area contributed by atoms with E-state index in [1.807, 2.05) is 6.07 Å². The molecule has 0 atom stereocenters. The van der Waals surface area contributed by atoms with Crippen LogP contribution in [0.1, 0.15) is 5.82 Å². The average Bonchev–Trinajstić information content (AvgIpc) is 2.49. The monoisotopic (exact) mass is 163 g/mol. The van der Waals surface area contributed by atoms with Crippen LogP contribution in [0.3, 0.4) is 0 Å². The second-order valence-corrected chi connectivity index (χ2v) is 2.56. The molecule has 62 valence electrons. The van der Waals surface area contributed by atoms with Crippen molar-refractivity contribution >= 4 is 11.0 Å². The molecule has 2 rings (SSSR count). The highest BCUT2D eigenvalue weighted by Crippen LogP contribution is 2.21. The smallest absolute Gasteiger partial charge is 0.143 e. The molecule has 2 aromatic rings. The summed E-state index contributed by atoms with van der Waals surface area (Å²) in [5, 5.41) is 9.36. The second-order valence-electron chi connectivity index (χ2n) is 2.56. The van der Waals surface area contributed by atoms with E-state index in [-0.39, 0.29) is 5.75 Å². The first-order valence-electron chi connectivity index (χ1n) is 3.68. The zero-order valence-electron chi connectivity index (χ0n) is 6.41. The van der Waals surface area contributed by atoms with Gasteiger partial charge in [0.05, 0.1) is 12.1 Å². The van der Waals surface area contributed by atoms with Gasteiger partial charge in [-0.15, -0.1) is 0 Å². The van der Waals surface area contributed by atoms with Crippen LogP contribution in [-0.4, -0.2) is 15.1 Å². The van der Waals surface area contributed by atoms with Gasteiger partial charge in [0, 0.05) is 0 Å². The van der Waals surface area contributed by atoms with Crippen molar-refractivity contribution in [3.05, 3.63) is 24.0 Å². The maximum absolute atomic E-state index is 9.36. The highest BCUT2D eigenvalue weighted by molar-refractivity contribution is 5.81. The molecule has 0 bridgehead atoms. The Kier molecular flexibility index (Phi) is 1.48. The lowest BCUT2D eigenvalue weighted by Crippen LogP contribution is -1.97. The van der Waals surface area contributed by atoms with Gasteiger partial charge in [-0.1, -0.05) is 6.07 Å². The summed E-state index contributed by atoms with van der Waals surface area (Å²) in [5.41, 5.74) is 6.79. The molecule has 0 fully saturated rings. The highest BCUT2D eigenvalue weighted by atomic mass is 16.3. The summed E-state index contributed by atoms with van der Waals surface area (Å²) in [5.74, 6) is 0.870. The molecule has 0 spiro atoms. The first-order valence-corrected chi connectivity index (χ1v) is 3.68. The molecule has 0 saturated carbocycles. The van der Waals surface area contributed by atoms with E-state index in [0.717, 1.165) is 5.52 Å². The number of phenolic OH excluding ortho intramolecular Hbond substituents is 1. The lowest BCUT2D eigenvalue weighted by Gasteiger charge is -1.89. The third kappa shape index (κ3) is 0.931. The number of rotatable bonds is 1. The lowest BCUT2D eigenvalue weighted by molar-refractivity contribution is 0.480. The Morgan fingerprint density at radius 2 is 2.33 bits per heavy atom. The zero-order valence-corrected chi connectivity index (χ0v) is 6.41. The SMILES string of the molecule is NCc1nc2c(O)cccc2[nH]1. The van der Waals surface area contributed by atoms with Gasteiger partial charge in [-0.05, 0) is 12.1 Å². The van der Waals surface area contributed by atoms with Crippen LogP contribution in [0.25, 0.3) is 11.0 Å². The van der Waals surface area contributed by atoms with Crippen LogP contribution in [0.2, 0.25) is 0 Å². The van der Waals surface area contributed by atoms with Gasteiger partial charge < -0.3 is 15.8 Å². The fourth-order valence-corrected chi connectivity index (χ4v) is 1.16. The van der Waals surface area contributed by atoms with Crippen LogP contribution < -0.4 is 5.73 Å². The van der Waals surface area contributed by atoms with Crippen LogP contribution >= 0.6 is 0 Å². The van der Waals surface area contributed by atoms with E-state index in [4.69, 9.17) is 5.73 Å². The van der Waals surface area contributed by atoms with E-state index in [9.17, 15) is 5.11 Å². The summed E-state index contributed by atoms with van der Waals surface area (Å²) in [6.07, 6.45) is 0. The van der Waals surface area contributed by atoms with Crippen molar-refractivity contribution in [2.75, 3.05) is 0 Å². The number of nitrogens with one attached hydrogen (secondary N) is 1. The Morgan fingerprint density at radius 3 is 3.00 bits per heavy atom.